The summed E-state index contributed by atoms with van der Waals surface area (Å²) in [5.41, 5.74) is 0.750. The van der Waals surface area contributed by atoms with Crippen LogP contribution in [0.15, 0.2) is 35.2 Å². The van der Waals surface area contributed by atoms with Crippen LogP contribution in [0, 0.1) is 6.92 Å². The summed E-state index contributed by atoms with van der Waals surface area (Å²) in [5.74, 6) is 0.000463. The minimum atomic E-state index is -4.27. The van der Waals surface area contributed by atoms with Gasteiger partial charge in [-0.2, -0.15) is 8.42 Å². The third-order valence-corrected chi connectivity index (χ3v) is 3.38. The highest BCUT2D eigenvalue weighted by molar-refractivity contribution is 7.86. The average Bonchev–Trinajstić information content (AvgIpc) is 2.16. The number of phenolic OH excluding ortho intramolecular Hbond substituents is 1. The lowest BCUT2D eigenvalue weighted by molar-refractivity contribution is 0.481. The van der Waals surface area contributed by atoms with Crippen LogP contribution in [-0.2, 0) is 10.1 Å². The molecular weight excluding hydrogens is 228 g/mol. The number of benzene rings is 2. The zero-order chi connectivity index (χ0) is 11.9. The molecule has 0 bridgehead atoms. The van der Waals surface area contributed by atoms with Crippen LogP contribution in [0.25, 0.3) is 10.8 Å². The first-order chi connectivity index (χ1) is 7.41. The number of phenols is 1. The number of hydrogen-bond acceptors (Lipinski definition) is 3. The molecule has 2 rings (SSSR count). The minimum Gasteiger partial charge on any atom is -0.507 e. The second-order valence-electron chi connectivity index (χ2n) is 3.56. The zero-order valence-corrected chi connectivity index (χ0v) is 9.32. The Morgan fingerprint density at radius 3 is 2.44 bits per heavy atom. The van der Waals surface area contributed by atoms with Crippen molar-refractivity contribution in [1.82, 2.24) is 0 Å². The smallest absolute Gasteiger partial charge is 0.295 e. The fourth-order valence-corrected chi connectivity index (χ4v) is 2.45. The van der Waals surface area contributed by atoms with Crippen LogP contribution in [0.1, 0.15) is 5.56 Å². The average molecular weight is 238 g/mol. The molecule has 0 aromatic heterocycles. The molecule has 2 aromatic rings. The molecule has 16 heavy (non-hydrogen) atoms. The highest BCUT2D eigenvalue weighted by Crippen LogP contribution is 2.31. The normalized spacial score (nSPS) is 11.9. The molecule has 2 N–H and O–H groups in total. The summed E-state index contributed by atoms with van der Waals surface area (Å²) in [6.45, 7) is 1.76. The Kier molecular flexibility index (Phi) is 2.36. The summed E-state index contributed by atoms with van der Waals surface area (Å²) in [4.78, 5) is -0.191. The van der Waals surface area contributed by atoms with E-state index >= 15 is 0 Å². The van der Waals surface area contributed by atoms with Gasteiger partial charge >= 0.3 is 0 Å². The molecule has 5 heteroatoms. The van der Waals surface area contributed by atoms with Crippen molar-refractivity contribution >= 4 is 20.9 Å². The Morgan fingerprint density at radius 1 is 1.12 bits per heavy atom. The maximum Gasteiger partial charge on any atom is 0.295 e. The lowest BCUT2D eigenvalue weighted by Crippen LogP contribution is -1.99. The van der Waals surface area contributed by atoms with Gasteiger partial charge in [-0.25, -0.2) is 0 Å². The molecule has 84 valence electrons. The molecule has 0 aliphatic heterocycles. The summed E-state index contributed by atoms with van der Waals surface area (Å²) in [6, 6.07) is 7.43. The molecule has 0 spiro atoms. The number of hydrogen-bond donors (Lipinski definition) is 2. The van der Waals surface area contributed by atoms with Gasteiger partial charge in [0.15, 0.2) is 0 Å². The van der Waals surface area contributed by atoms with Crippen LogP contribution in [0.2, 0.25) is 0 Å². The monoisotopic (exact) mass is 238 g/mol. The van der Waals surface area contributed by atoms with Gasteiger partial charge in [-0.1, -0.05) is 18.2 Å². The molecule has 0 aliphatic carbocycles. The van der Waals surface area contributed by atoms with Crippen LogP contribution in [-0.4, -0.2) is 18.1 Å². The molecular formula is C11H10O4S. The van der Waals surface area contributed by atoms with Gasteiger partial charge in [0.25, 0.3) is 10.1 Å². The molecule has 4 nitrogen and oxygen atoms in total. The van der Waals surface area contributed by atoms with Crippen molar-refractivity contribution in [2.45, 2.75) is 11.8 Å². The second-order valence-corrected chi connectivity index (χ2v) is 4.95. The first-order valence-corrected chi connectivity index (χ1v) is 6.04. The summed E-state index contributed by atoms with van der Waals surface area (Å²) >= 11 is 0. The first kappa shape index (κ1) is 10.9. The van der Waals surface area contributed by atoms with Crippen molar-refractivity contribution in [3.8, 4) is 5.75 Å². The van der Waals surface area contributed by atoms with Crippen LogP contribution in [0.3, 0.4) is 0 Å². The van der Waals surface area contributed by atoms with Crippen LogP contribution >= 0.6 is 0 Å². The lowest BCUT2D eigenvalue weighted by atomic mass is 10.0. The molecule has 0 saturated carbocycles. The van der Waals surface area contributed by atoms with Gasteiger partial charge in [0.05, 0.1) is 0 Å². The maximum absolute atomic E-state index is 11.1. The van der Waals surface area contributed by atoms with E-state index in [1.165, 1.54) is 18.2 Å². The Balaban J connectivity index is 3.02. The predicted molar refractivity (Wildman–Crippen MR) is 60.2 cm³/mol. The van der Waals surface area contributed by atoms with Crippen LogP contribution in [0.5, 0.6) is 5.75 Å². The summed E-state index contributed by atoms with van der Waals surface area (Å²) < 4.78 is 31.3. The van der Waals surface area contributed by atoms with E-state index in [0.717, 1.165) is 5.56 Å². The van der Waals surface area contributed by atoms with Gasteiger partial charge in [-0.3, -0.25) is 4.55 Å². The standard InChI is InChI=1S/C11H10O4S/c1-7-5-6-10(16(13,14)15)8-3-2-4-9(12)11(7)8/h2-6,12H,1H3,(H,13,14,15). The van der Waals surface area contributed by atoms with E-state index in [9.17, 15) is 13.5 Å². The van der Waals surface area contributed by atoms with E-state index < -0.39 is 10.1 Å². The number of fused-ring (bicyclic) bond motifs is 1. The van der Waals surface area contributed by atoms with E-state index in [0.29, 0.717) is 10.8 Å². The molecule has 0 heterocycles. The van der Waals surface area contributed by atoms with E-state index in [1.807, 2.05) is 0 Å². The first-order valence-electron chi connectivity index (χ1n) is 4.60. The van der Waals surface area contributed by atoms with Crippen molar-refractivity contribution in [2.75, 3.05) is 0 Å². The largest absolute Gasteiger partial charge is 0.507 e. The van der Waals surface area contributed by atoms with Gasteiger partial charge < -0.3 is 5.11 Å². The second kappa shape index (κ2) is 3.47. The van der Waals surface area contributed by atoms with Gasteiger partial charge in [-0.05, 0) is 24.6 Å². The van der Waals surface area contributed by atoms with Gasteiger partial charge in [0, 0.05) is 10.8 Å². The molecule has 0 aliphatic rings. The fraction of sp³-hybridized carbons (Fsp3) is 0.0909. The van der Waals surface area contributed by atoms with Gasteiger partial charge in [0.1, 0.15) is 10.6 Å². The van der Waals surface area contributed by atoms with E-state index in [2.05, 4.69) is 0 Å². The van der Waals surface area contributed by atoms with E-state index in [-0.39, 0.29) is 10.6 Å². The molecule has 2 aromatic carbocycles. The molecule has 0 fully saturated rings. The van der Waals surface area contributed by atoms with Crippen molar-refractivity contribution in [3.63, 3.8) is 0 Å². The lowest BCUT2D eigenvalue weighted by Gasteiger charge is -2.07. The SMILES string of the molecule is Cc1ccc(S(=O)(=O)O)c2cccc(O)c12. The van der Waals surface area contributed by atoms with Gasteiger partial charge in [0.2, 0.25) is 0 Å². The van der Waals surface area contributed by atoms with Crippen LogP contribution in [0.4, 0.5) is 0 Å². The number of rotatable bonds is 1. The third-order valence-electron chi connectivity index (χ3n) is 2.46. The molecule has 0 radical (unpaired) electrons. The Hall–Kier alpha value is -1.59. The quantitative estimate of drug-likeness (QED) is 0.746. The van der Waals surface area contributed by atoms with E-state index in [4.69, 9.17) is 4.55 Å². The van der Waals surface area contributed by atoms with Crippen molar-refractivity contribution < 1.29 is 18.1 Å². The third kappa shape index (κ3) is 1.64. The fourth-order valence-electron chi connectivity index (χ4n) is 1.76. The summed E-state index contributed by atoms with van der Waals surface area (Å²) in [6.07, 6.45) is 0. The highest BCUT2D eigenvalue weighted by Gasteiger charge is 2.16. The van der Waals surface area contributed by atoms with E-state index in [1.54, 1.807) is 19.1 Å². The molecule has 0 atom stereocenters. The summed E-state index contributed by atoms with van der Waals surface area (Å²) in [7, 11) is -4.27. The minimum absolute atomic E-state index is 0.000463. The van der Waals surface area contributed by atoms with Crippen LogP contribution < -0.4 is 0 Å². The number of aromatic hydroxyl groups is 1. The topological polar surface area (TPSA) is 74.6 Å². The Bertz CT molecular complexity index is 651. The zero-order valence-electron chi connectivity index (χ0n) is 8.51. The molecule has 0 unspecified atom stereocenters. The van der Waals surface area contributed by atoms with Crippen molar-refractivity contribution in [2.24, 2.45) is 0 Å². The highest BCUT2D eigenvalue weighted by atomic mass is 32.2. The van der Waals surface area contributed by atoms with Crippen molar-refractivity contribution in [1.29, 1.82) is 0 Å². The van der Waals surface area contributed by atoms with Crippen molar-refractivity contribution in [3.05, 3.63) is 35.9 Å². The molecule has 0 amide bonds. The summed E-state index contributed by atoms with van der Waals surface area (Å²) in [5, 5.41) is 10.4. The maximum atomic E-state index is 11.1. The molecule has 0 saturated heterocycles. The Labute approximate surface area is 92.9 Å². The Morgan fingerprint density at radius 2 is 1.81 bits per heavy atom. The predicted octanol–water partition coefficient (Wildman–Crippen LogP) is 2.10. The number of aryl methyl sites for hydroxylation is 1. The van der Waals surface area contributed by atoms with Gasteiger partial charge in [-0.15, -0.1) is 0 Å².